The van der Waals surface area contributed by atoms with Crippen molar-refractivity contribution in [2.45, 2.75) is 20.8 Å². The number of rotatable bonds is 2. The van der Waals surface area contributed by atoms with Crippen molar-refractivity contribution in [2.75, 3.05) is 0 Å². The summed E-state index contributed by atoms with van der Waals surface area (Å²) in [5.41, 5.74) is 8.01. The Bertz CT molecular complexity index is 969. The molecule has 0 saturated heterocycles. The number of primary amides is 1. The molecule has 0 aromatic carbocycles. The number of amides is 1. The number of aromatic amines is 1. The quantitative estimate of drug-likeness (QED) is 0.714. The summed E-state index contributed by atoms with van der Waals surface area (Å²) in [6.07, 6.45) is 3.04. The predicted octanol–water partition coefficient (Wildman–Crippen LogP) is 0.504. The normalized spacial score (nSPS) is 11.0. The van der Waals surface area contributed by atoms with Crippen molar-refractivity contribution in [2.24, 2.45) is 5.73 Å². The van der Waals surface area contributed by atoms with Crippen LogP contribution in [0.2, 0.25) is 0 Å². The molecule has 3 rings (SSSR count). The van der Waals surface area contributed by atoms with E-state index in [1.54, 1.807) is 20.8 Å². The van der Waals surface area contributed by atoms with Gasteiger partial charge in [-0.2, -0.15) is 9.61 Å². The molecule has 22 heavy (non-hydrogen) atoms. The maximum absolute atomic E-state index is 12.3. The van der Waals surface area contributed by atoms with Crippen LogP contribution in [0.15, 0.2) is 17.2 Å². The summed E-state index contributed by atoms with van der Waals surface area (Å²) in [4.78, 5) is 35.6. The molecule has 3 aromatic rings. The van der Waals surface area contributed by atoms with Crippen LogP contribution >= 0.6 is 0 Å². The molecule has 0 saturated carbocycles. The number of nitrogens with two attached hydrogens (primary N) is 1. The molecule has 8 nitrogen and oxygen atoms in total. The Labute approximate surface area is 125 Å². The van der Waals surface area contributed by atoms with E-state index in [-0.39, 0.29) is 22.5 Å². The first-order valence-electron chi connectivity index (χ1n) is 6.61. The van der Waals surface area contributed by atoms with E-state index < -0.39 is 5.91 Å². The number of aryl methyl sites for hydroxylation is 2. The van der Waals surface area contributed by atoms with E-state index in [9.17, 15) is 9.59 Å². The van der Waals surface area contributed by atoms with Gasteiger partial charge in [-0.05, 0) is 20.8 Å². The molecular formula is C14H14N6O2. The zero-order chi connectivity index (χ0) is 16.0. The average molecular weight is 298 g/mol. The molecule has 8 heteroatoms. The number of hydrogen-bond donors (Lipinski definition) is 2. The lowest BCUT2D eigenvalue weighted by molar-refractivity contribution is 0.100. The zero-order valence-corrected chi connectivity index (χ0v) is 12.3. The minimum absolute atomic E-state index is 0.129. The molecule has 0 aliphatic carbocycles. The van der Waals surface area contributed by atoms with Crippen molar-refractivity contribution in [3.8, 4) is 11.4 Å². The molecule has 1 amide bonds. The monoisotopic (exact) mass is 298 g/mol. The van der Waals surface area contributed by atoms with E-state index in [1.807, 2.05) is 0 Å². The van der Waals surface area contributed by atoms with Gasteiger partial charge in [0, 0.05) is 23.7 Å². The summed E-state index contributed by atoms with van der Waals surface area (Å²) in [7, 11) is 0. The lowest BCUT2D eigenvalue weighted by atomic mass is 10.1. The Morgan fingerprint density at radius 3 is 2.50 bits per heavy atom. The smallest absolute Gasteiger partial charge is 0.277 e. The van der Waals surface area contributed by atoms with Crippen LogP contribution in [-0.2, 0) is 0 Å². The van der Waals surface area contributed by atoms with Gasteiger partial charge in [0.15, 0.2) is 5.65 Å². The van der Waals surface area contributed by atoms with Gasteiger partial charge in [0.25, 0.3) is 11.5 Å². The second-order valence-corrected chi connectivity index (χ2v) is 5.02. The van der Waals surface area contributed by atoms with Gasteiger partial charge in [-0.15, -0.1) is 0 Å². The van der Waals surface area contributed by atoms with Crippen LogP contribution in [0.3, 0.4) is 0 Å². The third-order valence-electron chi connectivity index (χ3n) is 3.62. The molecule has 3 N–H and O–H groups in total. The van der Waals surface area contributed by atoms with Gasteiger partial charge in [0.05, 0.1) is 5.69 Å². The van der Waals surface area contributed by atoms with Gasteiger partial charge >= 0.3 is 0 Å². The Balaban J connectivity index is 2.49. The van der Waals surface area contributed by atoms with Gasteiger partial charge < -0.3 is 10.7 Å². The predicted molar refractivity (Wildman–Crippen MR) is 79.6 cm³/mol. The molecule has 0 aliphatic rings. The van der Waals surface area contributed by atoms with Crippen molar-refractivity contribution < 1.29 is 4.79 Å². The number of fused-ring (bicyclic) bond motifs is 1. The number of carbonyl (C=O) groups is 1. The first-order chi connectivity index (χ1) is 10.4. The highest BCUT2D eigenvalue weighted by molar-refractivity contribution is 6.04. The lowest BCUT2D eigenvalue weighted by Crippen LogP contribution is -2.20. The third-order valence-corrected chi connectivity index (χ3v) is 3.62. The molecule has 0 unspecified atom stereocenters. The first kappa shape index (κ1) is 13.9. The molecular weight excluding hydrogens is 284 g/mol. The van der Waals surface area contributed by atoms with Crippen molar-refractivity contribution >= 4 is 11.6 Å². The topological polar surface area (TPSA) is 119 Å². The zero-order valence-electron chi connectivity index (χ0n) is 12.3. The highest BCUT2D eigenvalue weighted by Crippen LogP contribution is 2.24. The van der Waals surface area contributed by atoms with Crippen LogP contribution in [0.25, 0.3) is 17.0 Å². The Morgan fingerprint density at radius 2 is 1.86 bits per heavy atom. The fourth-order valence-corrected chi connectivity index (χ4v) is 2.31. The molecule has 0 spiro atoms. The summed E-state index contributed by atoms with van der Waals surface area (Å²) in [6.45, 7) is 5.18. The number of nitrogens with zero attached hydrogens (tertiary/aromatic N) is 4. The summed E-state index contributed by atoms with van der Waals surface area (Å²) < 4.78 is 1.14. The van der Waals surface area contributed by atoms with Gasteiger partial charge in [0.2, 0.25) is 0 Å². The summed E-state index contributed by atoms with van der Waals surface area (Å²) in [5.74, 6) is -0.686. The first-order valence-corrected chi connectivity index (χ1v) is 6.61. The van der Waals surface area contributed by atoms with Gasteiger partial charge in [-0.25, -0.2) is 0 Å². The SMILES string of the molecule is Cc1nccnc1-c1nn2c(=O)c(C)c(C)[nH]c2c1C(N)=O. The summed E-state index contributed by atoms with van der Waals surface area (Å²) >= 11 is 0. The fraction of sp³-hybridized carbons (Fsp3) is 0.214. The Hall–Kier alpha value is -3.03. The highest BCUT2D eigenvalue weighted by Gasteiger charge is 2.24. The minimum atomic E-state index is -0.686. The van der Waals surface area contributed by atoms with Gasteiger partial charge in [-0.3, -0.25) is 19.6 Å². The van der Waals surface area contributed by atoms with Crippen LogP contribution in [0.5, 0.6) is 0 Å². The largest absolute Gasteiger partial charge is 0.365 e. The number of H-pyrrole nitrogens is 1. The maximum Gasteiger partial charge on any atom is 0.277 e. The summed E-state index contributed by atoms with van der Waals surface area (Å²) in [6, 6.07) is 0. The van der Waals surface area contributed by atoms with Crippen molar-refractivity contribution in [1.29, 1.82) is 0 Å². The van der Waals surface area contributed by atoms with Crippen LogP contribution in [0.4, 0.5) is 0 Å². The van der Waals surface area contributed by atoms with Crippen molar-refractivity contribution in [3.63, 3.8) is 0 Å². The molecule has 112 valence electrons. The van der Waals surface area contributed by atoms with Crippen molar-refractivity contribution in [1.82, 2.24) is 24.6 Å². The second-order valence-electron chi connectivity index (χ2n) is 5.02. The second kappa shape index (κ2) is 4.76. The van der Waals surface area contributed by atoms with Gasteiger partial charge in [-0.1, -0.05) is 0 Å². The molecule has 0 radical (unpaired) electrons. The highest BCUT2D eigenvalue weighted by atomic mass is 16.1. The van der Waals surface area contributed by atoms with E-state index >= 15 is 0 Å². The number of aromatic nitrogens is 5. The third kappa shape index (κ3) is 1.88. The Morgan fingerprint density at radius 1 is 1.18 bits per heavy atom. The summed E-state index contributed by atoms with van der Waals surface area (Å²) in [5, 5.41) is 4.24. The average Bonchev–Trinajstić information content (AvgIpc) is 2.84. The molecule has 3 aromatic heterocycles. The van der Waals surface area contributed by atoms with Crippen molar-refractivity contribution in [3.05, 3.63) is 45.3 Å². The van der Waals surface area contributed by atoms with Crippen LogP contribution in [0, 0.1) is 20.8 Å². The van der Waals surface area contributed by atoms with E-state index in [0.717, 1.165) is 4.52 Å². The van der Waals surface area contributed by atoms with Crippen LogP contribution < -0.4 is 11.3 Å². The molecule has 0 atom stereocenters. The van der Waals surface area contributed by atoms with Crippen LogP contribution in [-0.4, -0.2) is 30.5 Å². The van der Waals surface area contributed by atoms with E-state index in [0.29, 0.717) is 22.6 Å². The number of carbonyl (C=O) groups excluding carboxylic acids is 1. The van der Waals surface area contributed by atoms with E-state index in [2.05, 4.69) is 20.1 Å². The van der Waals surface area contributed by atoms with E-state index in [4.69, 9.17) is 5.73 Å². The Kier molecular flexibility index (Phi) is 3.01. The lowest BCUT2D eigenvalue weighted by Gasteiger charge is -2.02. The molecule has 0 fully saturated rings. The number of nitrogens with one attached hydrogen (secondary N) is 1. The fourth-order valence-electron chi connectivity index (χ4n) is 2.31. The van der Waals surface area contributed by atoms with Gasteiger partial charge in [0.1, 0.15) is 17.0 Å². The molecule has 3 heterocycles. The minimum Gasteiger partial charge on any atom is -0.365 e. The molecule has 0 aliphatic heterocycles. The molecule has 0 bridgehead atoms. The van der Waals surface area contributed by atoms with E-state index in [1.165, 1.54) is 12.4 Å². The number of hydrogen-bond acceptors (Lipinski definition) is 5. The standard InChI is InChI=1S/C14H14N6O2/c1-6-7(2)18-13-9(12(15)21)11(19-20(13)14(6)22)10-8(3)16-4-5-17-10/h4-5,18H,1-3H3,(H2,15,21). The maximum atomic E-state index is 12.3. The van der Waals surface area contributed by atoms with Crippen LogP contribution in [0.1, 0.15) is 27.3 Å².